The molecule has 0 spiro atoms. The third kappa shape index (κ3) is 57.8. The molecular weight excluding hydrogens is 1110 g/mol. The van der Waals surface area contributed by atoms with Gasteiger partial charge in [-0.1, -0.05) is 273 Å². The summed E-state index contributed by atoms with van der Waals surface area (Å²) in [5.41, 5.74) is 0. The van der Waals surface area contributed by atoms with Crippen molar-refractivity contribution in [2.45, 2.75) is 342 Å². The summed E-state index contributed by atoms with van der Waals surface area (Å²) in [6.07, 6.45) is 40.8. The first-order valence-electron chi connectivity index (χ1n) is 34.0. The molecule has 0 heterocycles. The SMILES string of the molecule is CCCCCCCCCCC(=O)O[C@H](COC(=O)CCCCCCC)COP(=O)(O)OC[C@H](O)COP(=O)(O)OC[C@@H](COC(=O)CCCCCCCCCCC(C)CC)OC(=O)CCCCCCCCCCCCCCCCCCC(C)C. The average Bonchev–Trinajstić information content (AvgIpc) is 3.57. The van der Waals surface area contributed by atoms with E-state index in [1.165, 1.54) is 128 Å². The fraction of sp³-hybridized carbons (Fsp3) is 0.938. The molecule has 0 aromatic rings. The summed E-state index contributed by atoms with van der Waals surface area (Å²) >= 11 is 0. The van der Waals surface area contributed by atoms with Gasteiger partial charge in [0.15, 0.2) is 12.2 Å². The van der Waals surface area contributed by atoms with Crippen molar-refractivity contribution in [2.24, 2.45) is 11.8 Å². The second-order valence-electron chi connectivity index (χ2n) is 24.2. The molecule has 6 atom stereocenters. The van der Waals surface area contributed by atoms with Crippen LogP contribution in [0.2, 0.25) is 0 Å². The van der Waals surface area contributed by atoms with Crippen LogP contribution in [0.3, 0.4) is 0 Å². The molecule has 0 saturated heterocycles. The third-order valence-corrected chi connectivity index (χ3v) is 17.2. The molecule has 0 bridgehead atoms. The van der Waals surface area contributed by atoms with E-state index in [-0.39, 0.29) is 25.7 Å². The molecule has 0 aliphatic carbocycles. The van der Waals surface area contributed by atoms with Crippen LogP contribution < -0.4 is 0 Å². The van der Waals surface area contributed by atoms with Gasteiger partial charge in [-0.25, -0.2) is 9.13 Å². The predicted molar refractivity (Wildman–Crippen MR) is 335 cm³/mol. The molecule has 17 nitrogen and oxygen atoms in total. The number of rotatable bonds is 64. The standard InChI is InChI=1S/C65H126O17P2/c1-7-10-12-14-15-30-37-43-49-64(69)81-60(53-75-62(67)47-41-33-13-11-8-2)55-79-83(71,72)77-51-59(66)52-78-84(73,74)80-56-61(54-76-63(68)48-42-36-31-27-26-29-35-40-46-58(6)9-3)82-65(70)50-44-38-32-25-23-21-19-17-16-18-20-22-24-28-34-39-45-57(4)5/h57-61,66H,7-56H2,1-6H3,(H,71,72)(H,73,74)/t58?,59-,60+,61+/m0/s1. The van der Waals surface area contributed by atoms with E-state index in [0.29, 0.717) is 25.7 Å². The zero-order valence-corrected chi connectivity index (χ0v) is 56.0. The molecule has 0 aliphatic heterocycles. The number of carbonyl (C=O) groups excluding carboxylic acids is 4. The molecule has 3 unspecified atom stereocenters. The number of hydrogen-bond acceptors (Lipinski definition) is 15. The smallest absolute Gasteiger partial charge is 0.462 e. The highest BCUT2D eigenvalue weighted by Crippen LogP contribution is 2.45. The Morgan fingerprint density at radius 2 is 0.607 bits per heavy atom. The van der Waals surface area contributed by atoms with Gasteiger partial charge in [-0.15, -0.1) is 0 Å². The molecule has 0 aromatic carbocycles. The van der Waals surface area contributed by atoms with Gasteiger partial charge in [0.25, 0.3) is 0 Å². The fourth-order valence-electron chi connectivity index (χ4n) is 9.68. The Labute approximate surface area is 511 Å². The number of phosphoric ester groups is 2. The van der Waals surface area contributed by atoms with Crippen molar-refractivity contribution in [3.63, 3.8) is 0 Å². The first-order valence-corrected chi connectivity index (χ1v) is 37.0. The van der Waals surface area contributed by atoms with Crippen LogP contribution in [0.5, 0.6) is 0 Å². The van der Waals surface area contributed by atoms with Crippen molar-refractivity contribution < 1.29 is 80.2 Å². The van der Waals surface area contributed by atoms with Gasteiger partial charge in [0.1, 0.15) is 19.3 Å². The van der Waals surface area contributed by atoms with Crippen LogP contribution in [-0.2, 0) is 65.4 Å². The van der Waals surface area contributed by atoms with Gasteiger partial charge in [-0.05, 0) is 37.5 Å². The van der Waals surface area contributed by atoms with Gasteiger partial charge in [-0.3, -0.25) is 37.3 Å². The number of phosphoric acid groups is 2. The summed E-state index contributed by atoms with van der Waals surface area (Å²) in [4.78, 5) is 71.9. The molecular formula is C65H126O17P2. The molecule has 0 aromatic heterocycles. The number of aliphatic hydroxyl groups is 1. The lowest BCUT2D eigenvalue weighted by molar-refractivity contribution is -0.161. The quantitative estimate of drug-likeness (QED) is 0.0222. The largest absolute Gasteiger partial charge is 0.472 e. The van der Waals surface area contributed by atoms with E-state index in [1.807, 2.05) is 0 Å². The summed E-state index contributed by atoms with van der Waals surface area (Å²) in [5.74, 6) is -0.559. The Bertz CT molecular complexity index is 1650. The first kappa shape index (κ1) is 82.1. The summed E-state index contributed by atoms with van der Waals surface area (Å²) in [6.45, 7) is 9.42. The van der Waals surface area contributed by atoms with E-state index in [0.717, 1.165) is 115 Å². The Hall–Kier alpha value is -1.94. The molecule has 0 rings (SSSR count). The van der Waals surface area contributed by atoms with Crippen molar-refractivity contribution >= 4 is 39.5 Å². The summed E-state index contributed by atoms with van der Waals surface area (Å²) in [7, 11) is -9.88. The second kappa shape index (κ2) is 57.5. The summed E-state index contributed by atoms with van der Waals surface area (Å²) in [5, 5.41) is 10.5. The van der Waals surface area contributed by atoms with Crippen LogP contribution in [0.25, 0.3) is 0 Å². The monoisotopic (exact) mass is 1240 g/mol. The van der Waals surface area contributed by atoms with Crippen molar-refractivity contribution in [1.29, 1.82) is 0 Å². The predicted octanol–water partition coefficient (Wildman–Crippen LogP) is 18.0. The fourth-order valence-corrected chi connectivity index (χ4v) is 11.3. The highest BCUT2D eigenvalue weighted by atomic mass is 31.2. The van der Waals surface area contributed by atoms with Crippen LogP contribution in [0, 0.1) is 11.8 Å². The number of esters is 4. The molecule has 19 heteroatoms. The lowest BCUT2D eigenvalue weighted by atomic mass is 9.99. The Morgan fingerprint density at radius 3 is 0.905 bits per heavy atom. The molecule has 3 N–H and O–H groups in total. The zero-order valence-electron chi connectivity index (χ0n) is 54.2. The maximum atomic E-state index is 13.0. The molecule has 0 saturated carbocycles. The van der Waals surface area contributed by atoms with Crippen molar-refractivity contribution in [2.75, 3.05) is 39.6 Å². The minimum absolute atomic E-state index is 0.104. The van der Waals surface area contributed by atoms with Crippen LogP contribution >= 0.6 is 15.6 Å². The lowest BCUT2D eigenvalue weighted by Crippen LogP contribution is -2.30. The van der Waals surface area contributed by atoms with Gasteiger partial charge in [-0.2, -0.15) is 0 Å². The van der Waals surface area contributed by atoms with Gasteiger partial charge >= 0.3 is 39.5 Å². The van der Waals surface area contributed by atoms with Crippen LogP contribution in [0.15, 0.2) is 0 Å². The molecule has 0 amide bonds. The van der Waals surface area contributed by atoms with E-state index < -0.39 is 97.5 Å². The normalized spacial score (nSPS) is 14.6. The number of aliphatic hydroxyl groups excluding tert-OH is 1. The van der Waals surface area contributed by atoms with E-state index in [2.05, 4.69) is 41.5 Å². The molecule has 84 heavy (non-hydrogen) atoms. The van der Waals surface area contributed by atoms with E-state index in [9.17, 15) is 43.2 Å². The van der Waals surface area contributed by atoms with E-state index in [1.54, 1.807) is 0 Å². The van der Waals surface area contributed by atoms with Crippen LogP contribution in [0.4, 0.5) is 0 Å². The number of carbonyl (C=O) groups is 4. The highest BCUT2D eigenvalue weighted by molar-refractivity contribution is 7.47. The summed E-state index contributed by atoms with van der Waals surface area (Å²) < 4.78 is 67.8. The van der Waals surface area contributed by atoms with Crippen molar-refractivity contribution in [3.8, 4) is 0 Å². The third-order valence-electron chi connectivity index (χ3n) is 15.3. The van der Waals surface area contributed by atoms with Gasteiger partial charge in [0.05, 0.1) is 26.4 Å². The zero-order chi connectivity index (χ0) is 62.2. The Morgan fingerprint density at radius 1 is 0.345 bits per heavy atom. The molecule has 0 radical (unpaired) electrons. The molecule has 0 aliphatic rings. The molecule has 498 valence electrons. The Kier molecular flexibility index (Phi) is 56.2. The van der Waals surface area contributed by atoms with Crippen molar-refractivity contribution in [3.05, 3.63) is 0 Å². The van der Waals surface area contributed by atoms with E-state index >= 15 is 0 Å². The average molecular weight is 1240 g/mol. The second-order valence-corrected chi connectivity index (χ2v) is 27.1. The van der Waals surface area contributed by atoms with Gasteiger partial charge in [0, 0.05) is 25.7 Å². The topological polar surface area (TPSA) is 237 Å². The van der Waals surface area contributed by atoms with Gasteiger partial charge in [0.2, 0.25) is 0 Å². The number of ether oxygens (including phenoxy) is 4. The first-order chi connectivity index (χ1) is 40.4. The van der Waals surface area contributed by atoms with E-state index in [4.69, 9.17) is 37.0 Å². The highest BCUT2D eigenvalue weighted by Gasteiger charge is 2.30. The van der Waals surface area contributed by atoms with Crippen LogP contribution in [-0.4, -0.2) is 96.7 Å². The van der Waals surface area contributed by atoms with Crippen molar-refractivity contribution in [1.82, 2.24) is 0 Å². The Balaban J connectivity index is 5.12. The molecule has 0 fully saturated rings. The lowest BCUT2D eigenvalue weighted by Gasteiger charge is -2.21. The van der Waals surface area contributed by atoms with Crippen LogP contribution in [0.1, 0.15) is 324 Å². The summed E-state index contributed by atoms with van der Waals surface area (Å²) in [6, 6.07) is 0. The maximum absolute atomic E-state index is 13.0. The minimum Gasteiger partial charge on any atom is -0.462 e. The number of hydrogen-bond donors (Lipinski definition) is 3. The maximum Gasteiger partial charge on any atom is 0.472 e. The van der Waals surface area contributed by atoms with Gasteiger partial charge < -0.3 is 33.8 Å². The minimum atomic E-state index is -4.94. The number of unbranched alkanes of at least 4 members (excludes halogenated alkanes) is 33.